The highest BCUT2D eigenvalue weighted by molar-refractivity contribution is 14.0. The zero-order valence-electron chi connectivity index (χ0n) is 17.9. The molecule has 0 fully saturated rings. The van der Waals surface area contributed by atoms with Crippen molar-refractivity contribution in [3.8, 4) is 23.0 Å². The largest absolute Gasteiger partial charge is 0.493 e. The van der Waals surface area contributed by atoms with Crippen LogP contribution >= 0.6 is 24.0 Å². The fourth-order valence-electron chi connectivity index (χ4n) is 2.82. The second kappa shape index (κ2) is 13.6. The van der Waals surface area contributed by atoms with E-state index in [2.05, 4.69) is 22.2 Å². The van der Waals surface area contributed by atoms with Crippen LogP contribution < -0.4 is 29.6 Å². The number of nitrogens with one attached hydrogen (secondary N) is 2. The first-order valence-electron chi connectivity index (χ1n) is 9.22. The smallest absolute Gasteiger partial charge is 0.203 e. The van der Waals surface area contributed by atoms with E-state index < -0.39 is 0 Å². The molecule has 0 saturated heterocycles. The van der Waals surface area contributed by atoms with Crippen molar-refractivity contribution in [3.05, 3.63) is 60.2 Å². The van der Waals surface area contributed by atoms with Crippen LogP contribution in [0.3, 0.4) is 0 Å². The van der Waals surface area contributed by atoms with Gasteiger partial charge < -0.3 is 29.6 Å². The molecule has 30 heavy (non-hydrogen) atoms. The first kappa shape index (κ1) is 25.4. The van der Waals surface area contributed by atoms with Gasteiger partial charge in [0.1, 0.15) is 12.4 Å². The number of ether oxygens (including phenoxy) is 4. The molecule has 0 aliphatic heterocycles. The van der Waals surface area contributed by atoms with E-state index in [1.165, 1.54) is 0 Å². The fourth-order valence-corrected chi connectivity index (χ4v) is 2.82. The Morgan fingerprint density at radius 1 is 0.900 bits per heavy atom. The molecule has 0 unspecified atom stereocenters. The average molecular weight is 527 g/mol. The molecule has 0 radical (unpaired) electrons. The maximum Gasteiger partial charge on any atom is 0.203 e. The Kier molecular flexibility index (Phi) is 11.5. The first-order chi connectivity index (χ1) is 14.2. The zero-order valence-corrected chi connectivity index (χ0v) is 20.2. The molecule has 2 aromatic rings. The second-order valence-corrected chi connectivity index (χ2v) is 5.98. The third-order valence-electron chi connectivity index (χ3n) is 4.23. The van der Waals surface area contributed by atoms with E-state index in [0.717, 1.165) is 16.9 Å². The highest BCUT2D eigenvalue weighted by atomic mass is 127. The summed E-state index contributed by atoms with van der Waals surface area (Å²) in [7, 11) is 6.51. The predicted octanol–water partition coefficient (Wildman–Crippen LogP) is 3.76. The Bertz CT molecular complexity index is 843. The number of aliphatic imine (C=N–C) groups is 1. The van der Waals surface area contributed by atoms with Crippen LogP contribution in [-0.2, 0) is 13.1 Å². The van der Waals surface area contributed by atoms with E-state index in [1.807, 2.05) is 36.4 Å². The minimum absolute atomic E-state index is 0. The van der Waals surface area contributed by atoms with Crippen molar-refractivity contribution in [2.75, 3.05) is 35.0 Å². The predicted molar refractivity (Wildman–Crippen MR) is 131 cm³/mol. The summed E-state index contributed by atoms with van der Waals surface area (Å²) in [6.45, 7) is 5.21. The summed E-state index contributed by atoms with van der Waals surface area (Å²) < 4.78 is 22.0. The number of hydrogen-bond acceptors (Lipinski definition) is 5. The van der Waals surface area contributed by atoms with Crippen molar-refractivity contribution in [2.24, 2.45) is 4.99 Å². The summed E-state index contributed by atoms with van der Waals surface area (Å²) in [5.74, 6) is 3.27. The number of benzene rings is 2. The van der Waals surface area contributed by atoms with Gasteiger partial charge in [0, 0.05) is 31.3 Å². The second-order valence-electron chi connectivity index (χ2n) is 5.98. The van der Waals surface area contributed by atoms with Crippen molar-refractivity contribution < 1.29 is 18.9 Å². The van der Waals surface area contributed by atoms with Gasteiger partial charge in [-0.3, -0.25) is 4.99 Å². The van der Waals surface area contributed by atoms with Crippen LogP contribution in [0.15, 0.2) is 54.0 Å². The van der Waals surface area contributed by atoms with Gasteiger partial charge in [0.15, 0.2) is 17.5 Å². The molecule has 0 aliphatic carbocycles. The number of halogens is 1. The molecule has 2 aromatic carbocycles. The van der Waals surface area contributed by atoms with Gasteiger partial charge in [0.05, 0.1) is 21.3 Å². The number of methoxy groups -OCH3 is 3. The Hall–Kier alpha value is -2.62. The van der Waals surface area contributed by atoms with Gasteiger partial charge in [-0.25, -0.2) is 0 Å². The Morgan fingerprint density at radius 2 is 1.57 bits per heavy atom. The van der Waals surface area contributed by atoms with Gasteiger partial charge in [-0.05, 0) is 18.2 Å². The number of para-hydroxylation sites is 1. The van der Waals surface area contributed by atoms with Crippen molar-refractivity contribution >= 4 is 29.9 Å². The number of nitrogens with zero attached hydrogens (tertiary/aromatic N) is 1. The molecule has 0 amide bonds. The van der Waals surface area contributed by atoms with E-state index in [4.69, 9.17) is 18.9 Å². The van der Waals surface area contributed by atoms with Crippen LogP contribution in [0.25, 0.3) is 0 Å². The van der Waals surface area contributed by atoms with Crippen LogP contribution in [0.1, 0.15) is 11.1 Å². The Morgan fingerprint density at radius 3 is 2.17 bits per heavy atom. The van der Waals surface area contributed by atoms with Gasteiger partial charge in [0.25, 0.3) is 0 Å². The highest BCUT2D eigenvalue weighted by Gasteiger charge is 2.16. The molecule has 0 atom stereocenters. The van der Waals surface area contributed by atoms with E-state index in [0.29, 0.717) is 42.9 Å². The average Bonchev–Trinajstić information content (AvgIpc) is 2.77. The summed E-state index contributed by atoms with van der Waals surface area (Å²) in [5.41, 5.74) is 1.95. The topological polar surface area (TPSA) is 73.3 Å². The lowest BCUT2D eigenvalue weighted by Crippen LogP contribution is -2.36. The van der Waals surface area contributed by atoms with Crippen LogP contribution in [0.5, 0.6) is 23.0 Å². The van der Waals surface area contributed by atoms with E-state index >= 15 is 0 Å². The molecule has 0 bridgehead atoms. The Balaban J connectivity index is 0.00000450. The minimum atomic E-state index is 0. The maximum atomic E-state index is 5.70. The van der Waals surface area contributed by atoms with Crippen molar-refractivity contribution in [2.45, 2.75) is 13.1 Å². The fraction of sp³-hybridized carbons (Fsp3) is 0.318. The summed E-state index contributed by atoms with van der Waals surface area (Å²) in [5, 5.41) is 6.59. The van der Waals surface area contributed by atoms with Gasteiger partial charge in [-0.1, -0.05) is 30.9 Å². The van der Waals surface area contributed by atoms with Crippen molar-refractivity contribution in [1.29, 1.82) is 0 Å². The van der Waals surface area contributed by atoms with E-state index in [9.17, 15) is 0 Å². The standard InChI is InChI=1S/C22H29N3O4.HI/c1-6-13-29-18-10-8-7-9-16(18)14-24-22(23-2)25-15-17-11-12-19(26-3)21(28-5)20(17)27-4;/h6-12H,1,13-15H2,2-5H3,(H2,23,24,25);1H. The monoisotopic (exact) mass is 527 g/mol. The number of hydrogen-bond donors (Lipinski definition) is 2. The molecule has 164 valence electrons. The summed E-state index contributed by atoms with van der Waals surface area (Å²) in [6.07, 6.45) is 1.72. The Labute approximate surface area is 195 Å². The summed E-state index contributed by atoms with van der Waals surface area (Å²) >= 11 is 0. The number of rotatable bonds is 10. The normalized spacial score (nSPS) is 10.5. The molecular weight excluding hydrogens is 497 g/mol. The molecule has 2 rings (SSSR count). The SMILES string of the molecule is C=CCOc1ccccc1CNC(=NC)NCc1ccc(OC)c(OC)c1OC.I. The summed E-state index contributed by atoms with van der Waals surface area (Å²) in [4.78, 5) is 4.28. The highest BCUT2D eigenvalue weighted by Crippen LogP contribution is 2.39. The van der Waals surface area contributed by atoms with Crippen molar-refractivity contribution in [1.82, 2.24) is 10.6 Å². The van der Waals surface area contributed by atoms with Crippen LogP contribution in [0.2, 0.25) is 0 Å². The maximum absolute atomic E-state index is 5.70. The lowest BCUT2D eigenvalue weighted by atomic mass is 10.1. The quantitative estimate of drug-likeness (QED) is 0.212. The van der Waals surface area contributed by atoms with Gasteiger partial charge in [0.2, 0.25) is 5.75 Å². The third kappa shape index (κ3) is 6.72. The molecule has 2 N–H and O–H groups in total. The molecule has 7 nitrogen and oxygen atoms in total. The van der Waals surface area contributed by atoms with Crippen molar-refractivity contribution in [3.63, 3.8) is 0 Å². The van der Waals surface area contributed by atoms with Crippen LogP contribution in [-0.4, -0.2) is 40.9 Å². The molecule has 0 saturated carbocycles. The first-order valence-corrected chi connectivity index (χ1v) is 9.22. The molecule has 0 spiro atoms. The van der Waals surface area contributed by atoms with Gasteiger partial charge in [-0.2, -0.15) is 0 Å². The molecular formula is C22H30IN3O4. The summed E-state index contributed by atoms with van der Waals surface area (Å²) in [6, 6.07) is 11.6. The minimum Gasteiger partial charge on any atom is -0.493 e. The molecule has 0 aromatic heterocycles. The molecule has 8 heteroatoms. The van der Waals surface area contributed by atoms with Gasteiger partial charge in [-0.15, -0.1) is 24.0 Å². The van der Waals surface area contributed by atoms with Gasteiger partial charge >= 0.3 is 0 Å². The molecule has 0 heterocycles. The van der Waals surface area contributed by atoms with Crippen LogP contribution in [0.4, 0.5) is 0 Å². The van der Waals surface area contributed by atoms with E-state index in [-0.39, 0.29) is 24.0 Å². The third-order valence-corrected chi connectivity index (χ3v) is 4.23. The van der Waals surface area contributed by atoms with Crippen LogP contribution in [0, 0.1) is 0 Å². The lowest BCUT2D eigenvalue weighted by molar-refractivity contribution is 0.322. The molecule has 0 aliphatic rings. The lowest BCUT2D eigenvalue weighted by Gasteiger charge is -2.18. The van der Waals surface area contributed by atoms with E-state index in [1.54, 1.807) is 34.5 Å². The number of guanidine groups is 1. The zero-order chi connectivity index (χ0) is 21.1.